The van der Waals surface area contributed by atoms with E-state index >= 15 is 0 Å². The Morgan fingerprint density at radius 3 is 2.39 bits per heavy atom. The summed E-state index contributed by atoms with van der Waals surface area (Å²) in [6, 6.07) is 0.304. The van der Waals surface area contributed by atoms with Crippen molar-refractivity contribution >= 4 is 11.9 Å². The van der Waals surface area contributed by atoms with Crippen molar-refractivity contribution in [2.75, 3.05) is 37.9 Å². The molecule has 102 valence electrons. The Morgan fingerprint density at radius 1 is 1.22 bits per heavy atom. The third kappa shape index (κ3) is 4.08. The highest BCUT2D eigenvalue weighted by Gasteiger charge is 2.13. The lowest BCUT2D eigenvalue weighted by Gasteiger charge is -2.24. The van der Waals surface area contributed by atoms with E-state index in [-0.39, 0.29) is 12.6 Å². The van der Waals surface area contributed by atoms with Crippen LogP contribution in [-0.2, 0) is 6.54 Å². The largest absolute Gasteiger partial charge is 0.395 e. The van der Waals surface area contributed by atoms with Crippen LogP contribution in [0.3, 0.4) is 0 Å². The minimum Gasteiger partial charge on any atom is -0.395 e. The number of nitrogens with zero attached hydrogens (tertiary/aromatic N) is 5. The molecule has 1 aromatic rings. The summed E-state index contributed by atoms with van der Waals surface area (Å²) in [5, 5.41) is 9.03. The van der Waals surface area contributed by atoms with Crippen LogP contribution in [0.25, 0.3) is 0 Å². The van der Waals surface area contributed by atoms with Crippen molar-refractivity contribution in [2.24, 2.45) is 0 Å². The summed E-state index contributed by atoms with van der Waals surface area (Å²) in [4.78, 5) is 16.4. The Labute approximate surface area is 108 Å². The molecule has 0 fully saturated rings. The molecule has 0 spiro atoms. The minimum absolute atomic E-state index is 0.110. The molecule has 0 amide bonds. The molecule has 7 nitrogen and oxygen atoms in total. The molecule has 18 heavy (non-hydrogen) atoms. The Bertz CT molecular complexity index is 382. The number of anilines is 2. The summed E-state index contributed by atoms with van der Waals surface area (Å²) in [6.45, 7) is 5.37. The Kier molecular flexibility index (Phi) is 5.24. The van der Waals surface area contributed by atoms with Gasteiger partial charge in [0.05, 0.1) is 13.2 Å². The monoisotopic (exact) mass is 254 g/mol. The van der Waals surface area contributed by atoms with E-state index in [9.17, 15) is 0 Å². The number of rotatable bonds is 6. The molecule has 0 radical (unpaired) electrons. The van der Waals surface area contributed by atoms with E-state index in [0.717, 1.165) is 0 Å². The summed E-state index contributed by atoms with van der Waals surface area (Å²) in [5.41, 5.74) is 5.67. The van der Waals surface area contributed by atoms with Gasteiger partial charge in [-0.25, -0.2) is 0 Å². The fourth-order valence-electron chi connectivity index (χ4n) is 1.53. The Hall–Kier alpha value is -1.47. The summed E-state index contributed by atoms with van der Waals surface area (Å²) in [6.07, 6.45) is 0. The van der Waals surface area contributed by atoms with E-state index in [1.807, 2.05) is 14.1 Å². The average Bonchev–Trinajstić information content (AvgIpc) is 2.27. The van der Waals surface area contributed by atoms with Crippen LogP contribution < -0.4 is 10.6 Å². The molecule has 0 aliphatic heterocycles. The second kappa shape index (κ2) is 6.46. The fraction of sp³-hybridized carbons (Fsp3) is 0.727. The summed E-state index contributed by atoms with van der Waals surface area (Å²) >= 11 is 0. The van der Waals surface area contributed by atoms with Gasteiger partial charge in [0, 0.05) is 26.7 Å². The molecular weight excluding hydrogens is 232 g/mol. The van der Waals surface area contributed by atoms with E-state index in [1.54, 1.807) is 4.90 Å². The SMILES string of the molecule is CC(C)N(CCO)Cc1nc(N)nc(N(C)C)n1. The number of aromatic nitrogens is 3. The molecule has 0 unspecified atom stereocenters. The van der Waals surface area contributed by atoms with Gasteiger partial charge in [0.1, 0.15) is 5.82 Å². The van der Waals surface area contributed by atoms with Crippen LogP contribution in [0.1, 0.15) is 19.7 Å². The third-order valence-electron chi connectivity index (χ3n) is 2.55. The van der Waals surface area contributed by atoms with Crippen LogP contribution in [-0.4, -0.2) is 58.2 Å². The lowest BCUT2D eigenvalue weighted by molar-refractivity contribution is 0.156. The molecule has 1 heterocycles. The van der Waals surface area contributed by atoms with E-state index in [2.05, 4.69) is 33.7 Å². The highest BCUT2D eigenvalue weighted by molar-refractivity contribution is 5.32. The van der Waals surface area contributed by atoms with Gasteiger partial charge in [0.15, 0.2) is 0 Å². The first-order chi connectivity index (χ1) is 8.43. The predicted octanol–water partition coefficient (Wildman–Crippen LogP) is -0.277. The zero-order valence-electron chi connectivity index (χ0n) is 11.5. The van der Waals surface area contributed by atoms with E-state index in [4.69, 9.17) is 10.8 Å². The van der Waals surface area contributed by atoms with Gasteiger partial charge >= 0.3 is 0 Å². The average molecular weight is 254 g/mol. The molecule has 1 rings (SSSR count). The molecule has 3 N–H and O–H groups in total. The zero-order chi connectivity index (χ0) is 13.7. The van der Waals surface area contributed by atoms with Crippen molar-refractivity contribution in [1.29, 1.82) is 0 Å². The van der Waals surface area contributed by atoms with Crippen LogP contribution in [0.5, 0.6) is 0 Å². The number of aliphatic hydroxyl groups is 1. The number of aliphatic hydroxyl groups excluding tert-OH is 1. The Balaban J connectivity index is 2.88. The van der Waals surface area contributed by atoms with Gasteiger partial charge in [-0.15, -0.1) is 0 Å². The lowest BCUT2D eigenvalue weighted by Crippen LogP contribution is -2.34. The van der Waals surface area contributed by atoms with Crippen LogP contribution >= 0.6 is 0 Å². The van der Waals surface area contributed by atoms with Crippen LogP contribution in [0.4, 0.5) is 11.9 Å². The second-order valence-electron chi connectivity index (χ2n) is 4.59. The Morgan fingerprint density at radius 2 is 1.89 bits per heavy atom. The molecule has 0 aliphatic carbocycles. The highest BCUT2D eigenvalue weighted by Crippen LogP contribution is 2.09. The smallest absolute Gasteiger partial charge is 0.229 e. The van der Waals surface area contributed by atoms with Crippen LogP contribution in [0.15, 0.2) is 0 Å². The molecular formula is C11H22N6O. The standard InChI is InChI=1S/C11H22N6O/c1-8(2)17(5-6-18)7-9-13-10(12)15-11(14-9)16(3)4/h8,18H,5-7H2,1-4H3,(H2,12,13,14,15). The van der Waals surface area contributed by atoms with Gasteiger partial charge in [0.2, 0.25) is 11.9 Å². The van der Waals surface area contributed by atoms with Crippen molar-refractivity contribution in [3.05, 3.63) is 5.82 Å². The normalized spacial score (nSPS) is 11.3. The zero-order valence-corrected chi connectivity index (χ0v) is 11.5. The lowest BCUT2D eigenvalue weighted by atomic mass is 10.3. The van der Waals surface area contributed by atoms with Crippen molar-refractivity contribution in [3.63, 3.8) is 0 Å². The molecule has 0 saturated carbocycles. The van der Waals surface area contributed by atoms with Gasteiger partial charge in [-0.2, -0.15) is 15.0 Å². The second-order valence-corrected chi connectivity index (χ2v) is 4.59. The topological polar surface area (TPSA) is 91.4 Å². The third-order valence-corrected chi connectivity index (χ3v) is 2.55. The fourth-order valence-corrected chi connectivity index (χ4v) is 1.53. The van der Waals surface area contributed by atoms with E-state index < -0.39 is 0 Å². The molecule has 0 aromatic carbocycles. The minimum atomic E-state index is 0.110. The highest BCUT2D eigenvalue weighted by atomic mass is 16.3. The van der Waals surface area contributed by atoms with Gasteiger partial charge in [-0.1, -0.05) is 0 Å². The van der Waals surface area contributed by atoms with Crippen molar-refractivity contribution in [1.82, 2.24) is 19.9 Å². The first kappa shape index (κ1) is 14.6. The molecule has 0 saturated heterocycles. The van der Waals surface area contributed by atoms with Crippen molar-refractivity contribution in [2.45, 2.75) is 26.4 Å². The van der Waals surface area contributed by atoms with Gasteiger partial charge in [0.25, 0.3) is 0 Å². The molecule has 7 heteroatoms. The van der Waals surface area contributed by atoms with Gasteiger partial charge < -0.3 is 15.7 Å². The van der Waals surface area contributed by atoms with Crippen molar-refractivity contribution < 1.29 is 5.11 Å². The molecule has 0 aliphatic rings. The number of hydrogen-bond donors (Lipinski definition) is 2. The first-order valence-corrected chi connectivity index (χ1v) is 5.96. The van der Waals surface area contributed by atoms with Gasteiger partial charge in [-0.05, 0) is 13.8 Å². The number of hydrogen-bond acceptors (Lipinski definition) is 7. The van der Waals surface area contributed by atoms with Gasteiger partial charge in [-0.3, -0.25) is 4.90 Å². The number of nitrogens with two attached hydrogens (primary N) is 1. The van der Waals surface area contributed by atoms with E-state index in [0.29, 0.717) is 30.9 Å². The van der Waals surface area contributed by atoms with Crippen LogP contribution in [0.2, 0.25) is 0 Å². The summed E-state index contributed by atoms with van der Waals surface area (Å²) in [5.74, 6) is 1.38. The van der Waals surface area contributed by atoms with Crippen LogP contribution in [0, 0.1) is 0 Å². The number of nitrogen functional groups attached to an aromatic ring is 1. The summed E-state index contributed by atoms with van der Waals surface area (Å²) in [7, 11) is 3.71. The first-order valence-electron chi connectivity index (χ1n) is 5.96. The molecule has 0 atom stereocenters. The summed E-state index contributed by atoms with van der Waals surface area (Å²) < 4.78 is 0. The maximum absolute atomic E-state index is 9.03. The maximum Gasteiger partial charge on any atom is 0.229 e. The quantitative estimate of drug-likeness (QED) is 0.721. The molecule has 1 aromatic heterocycles. The predicted molar refractivity (Wildman–Crippen MR) is 71.2 cm³/mol. The van der Waals surface area contributed by atoms with E-state index in [1.165, 1.54) is 0 Å². The van der Waals surface area contributed by atoms with Crippen molar-refractivity contribution in [3.8, 4) is 0 Å². The molecule has 0 bridgehead atoms. The maximum atomic E-state index is 9.03.